The fourth-order valence-corrected chi connectivity index (χ4v) is 2.31. The summed E-state index contributed by atoms with van der Waals surface area (Å²) in [6.45, 7) is 0. The van der Waals surface area contributed by atoms with E-state index in [1.807, 2.05) is 12.1 Å². The van der Waals surface area contributed by atoms with Crippen LogP contribution in [0.15, 0.2) is 54.7 Å². The van der Waals surface area contributed by atoms with Crippen molar-refractivity contribution in [1.29, 1.82) is 0 Å². The van der Waals surface area contributed by atoms with E-state index >= 15 is 0 Å². The molecular weight excluding hydrogens is 206 g/mol. The lowest BCUT2D eigenvalue weighted by molar-refractivity contribution is 0.958. The highest BCUT2D eigenvalue weighted by Gasteiger charge is 2.05. The summed E-state index contributed by atoms with van der Waals surface area (Å²) in [4.78, 5) is 0. The van der Waals surface area contributed by atoms with Crippen LogP contribution in [0.5, 0.6) is 0 Å². The number of aryl methyl sites for hydroxylation is 1. The Balaban J connectivity index is 2.07. The van der Waals surface area contributed by atoms with Crippen molar-refractivity contribution in [2.24, 2.45) is 7.05 Å². The number of hydrogen-bond acceptors (Lipinski definition) is 0. The number of rotatable bonds is 2. The molecule has 2 aromatic carbocycles. The van der Waals surface area contributed by atoms with Crippen LogP contribution < -0.4 is 0 Å². The van der Waals surface area contributed by atoms with Crippen molar-refractivity contribution < 1.29 is 0 Å². The van der Waals surface area contributed by atoms with Crippen LogP contribution in [-0.2, 0) is 13.5 Å². The summed E-state index contributed by atoms with van der Waals surface area (Å²) in [7, 11) is 2.09. The predicted octanol–water partition coefficient (Wildman–Crippen LogP) is 3.57. The molecule has 1 heteroatoms. The zero-order valence-electron chi connectivity index (χ0n) is 9.85. The maximum absolute atomic E-state index is 3.13. The van der Waals surface area contributed by atoms with Gasteiger partial charge in [0.25, 0.3) is 0 Å². The summed E-state index contributed by atoms with van der Waals surface area (Å²) in [5.41, 5.74) is 3.98. The molecule has 83 valence electrons. The van der Waals surface area contributed by atoms with Gasteiger partial charge in [0.1, 0.15) is 0 Å². The van der Waals surface area contributed by atoms with Crippen LogP contribution in [0.3, 0.4) is 0 Å². The van der Waals surface area contributed by atoms with Gasteiger partial charge in [-0.25, -0.2) is 0 Å². The van der Waals surface area contributed by atoms with Gasteiger partial charge in [0, 0.05) is 24.1 Å². The molecule has 0 unspecified atom stereocenters. The highest BCUT2D eigenvalue weighted by Crippen LogP contribution is 2.22. The molecule has 0 bridgehead atoms. The SMILES string of the molecule is Cn1cc(Cc2ccccc2)c2cc[c]cc21. The molecule has 17 heavy (non-hydrogen) atoms. The van der Waals surface area contributed by atoms with Crippen LogP contribution >= 0.6 is 0 Å². The van der Waals surface area contributed by atoms with E-state index in [1.54, 1.807) is 0 Å². The van der Waals surface area contributed by atoms with Gasteiger partial charge in [0.05, 0.1) is 0 Å². The van der Waals surface area contributed by atoms with Gasteiger partial charge in [-0.15, -0.1) is 0 Å². The van der Waals surface area contributed by atoms with E-state index in [-0.39, 0.29) is 0 Å². The molecule has 1 aromatic heterocycles. The maximum atomic E-state index is 3.13. The third-order valence-electron chi connectivity index (χ3n) is 3.16. The molecule has 1 nitrogen and oxygen atoms in total. The molecule has 0 saturated heterocycles. The third-order valence-corrected chi connectivity index (χ3v) is 3.16. The molecule has 0 saturated carbocycles. The quantitative estimate of drug-likeness (QED) is 0.622. The summed E-state index contributed by atoms with van der Waals surface area (Å²) in [6, 6.07) is 19.9. The number of nitrogens with zero attached hydrogens (tertiary/aromatic N) is 1. The molecule has 0 aliphatic carbocycles. The number of hydrogen-bond donors (Lipinski definition) is 0. The lowest BCUT2D eigenvalue weighted by Gasteiger charge is -1.99. The molecule has 0 spiro atoms. The van der Waals surface area contributed by atoms with E-state index < -0.39 is 0 Å². The molecule has 0 fully saturated rings. The van der Waals surface area contributed by atoms with Gasteiger partial charge in [-0.1, -0.05) is 42.5 Å². The summed E-state index contributed by atoms with van der Waals surface area (Å²) in [5.74, 6) is 0. The topological polar surface area (TPSA) is 4.93 Å². The standard InChI is InChI=1S/C16H14N/c1-17-12-14(11-13-7-3-2-4-8-13)15-9-5-6-10-16(15)17/h2-5,7-10,12H,11H2,1H3. The molecule has 0 amide bonds. The number of aromatic nitrogens is 1. The third kappa shape index (κ3) is 1.84. The molecular formula is C16H14N. The van der Waals surface area contributed by atoms with Gasteiger partial charge in [0.2, 0.25) is 0 Å². The van der Waals surface area contributed by atoms with Crippen LogP contribution in [-0.4, -0.2) is 4.57 Å². The first-order chi connectivity index (χ1) is 8.34. The summed E-state index contributed by atoms with van der Waals surface area (Å²) < 4.78 is 2.17. The zero-order chi connectivity index (χ0) is 11.7. The zero-order valence-corrected chi connectivity index (χ0v) is 9.85. The van der Waals surface area contributed by atoms with Crippen LogP contribution in [0, 0.1) is 6.07 Å². The predicted molar refractivity (Wildman–Crippen MR) is 71.0 cm³/mol. The Hall–Kier alpha value is -2.02. The highest BCUT2D eigenvalue weighted by atomic mass is 14.9. The van der Waals surface area contributed by atoms with Crippen molar-refractivity contribution in [2.75, 3.05) is 0 Å². The van der Waals surface area contributed by atoms with Gasteiger partial charge < -0.3 is 4.57 Å². The molecule has 3 rings (SSSR count). The second-order valence-corrected chi connectivity index (χ2v) is 4.37. The average molecular weight is 220 g/mol. The van der Waals surface area contributed by atoms with Gasteiger partial charge in [-0.3, -0.25) is 0 Å². The van der Waals surface area contributed by atoms with E-state index in [1.165, 1.54) is 22.0 Å². The molecule has 0 N–H and O–H groups in total. The van der Waals surface area contributed by atoms with Crippen LogP contribution in [0.25, 0.3) is 10.9 Å². The van der Waals surface area contributed by atoms with Gasteiger partial charge in [-0.2, -0.15) is 0 Å². The van der Waals surface area contributed by atoms with Crippen LogP contribution in [0.2, 0.25) is 0 Å². The van der Waals surface area contributed by atoms with E-state index in [4.69, 9.17) is 0 Å². The average Bonchev–Trinajstić information content (AvgIpc) is 2.69. The molecule has 0 atom stereocenters. The van der Waals surface area contributed by atoms with Crippen molar-refractivity contribution in [3.8, 4) is 0 Å². The second kappa shape index (κ2) is 4.10. The van der Waals surface area contributed by atoms with Crippen LogP contribution in [0.4, 0.5) is 0 Å². The monoisotopic (exact) mass is 220 g/mol. The Morgan fingerprint density at radius 3 is 2.76 bits per heavy atom. The first kappa shape index (κ1) is 10.2. The molecule has 0 aliphatic rings. The second-order valence-electron chi connectivity index (χ2n) is 4.37. The lowest BCUT2D eigenvalue weighted by Crippen LogP contribution is -1.86. The van der Waals surface area contributed by atoms with Gasteiger partial charge in [-0.05, 0) is 29.7 Å². The van der Waals surface area contributed by atoms with E-state index in [2.05, 4.69) is 60.3 Å². The molecule has 3 aromatic rings. The highest BCUT2D eigenvalue weighted by molar-refractivity contribution is 5.84. The Bertz CT molecular complexity index is 635. The number of benzene rings is 2. The molecule has 0 aliphatic heterocycles. The lowest BCUT2D eigenvalue weighted by atomic mass is 10.0. The summed E-state index contributed by atoms with van der Waals surface area (Å²) in [6.07, 6.45) is 3.20. The van der Waals surface area contributed by atoms with Gasteiger partial charge >= 0.3 is 0 Å². The minimum Gasteiger partial charge on any atom is -0.350 e. The van der Waals surface area contributed by atoms with Crippen molar-refractivity contribution >= 4 is 10.9 Å². The van der Waals surface area contributed by atoms with Crippen molar-refractivity contribution in [3.05, 3.63) is 71.9 Å². The van der Waals surface area contributed by atoms with E-state index in [0.29, 0.717) is 0 Å². The summed E-state index contributed by atoms with van der Waals surface area (Å²) in [5, 5.41) is 1.33. The normalized spacial score (nSPS) is 10.9. The number of fused-ring (bicyclic) bond motifs is 1. The Morgan fingerprint density at radius 2 is 1.94 bits per heavy atom. The van der Waals surface area contributed by atoms with Gasteiger partial charge in [0.15, 0.2) is 0 Å². The Morgan fingerprint density at radius 1 is 1.12 bits per heavy atom. The van der Waals surface area contributed by atoms with Crippen molar-refractivity contribution in [2.45, 2.75) is 6.42 Å². The first-order valence-electron chi connectivity index (χ1n) is 5.82. The largest absolute Gasteiger partial charge is 0.350 e. The fourth-order valence-electron chi connectivity index (χ4n) is 2.31. The minimum absolute atomic E-state index is 0.988. The van der Waals surface area contributed by atoms with E-state index in [0.717, 1.165) is 6.42 Å². The van der Waals surface area contributed by atoms with E-state index in [9.17, 15) is 0 Å². The molecule has 1 heterocycles. The van der Waals surface area contributed by atoms with Crippen LogP contribution in [0.1, 0.15) is 11.1 Å². The Kier molecular flexibility index (Phi) is 2.45. The van der Waals surface area contributed by atoms with Crippen molar-refractivity contribution in [1.82, 2.24) is 4.57 Å². The minimum atomic E-state index is 0.988. The maximum Gasteiger partial charge on any atom is 0.0486 e. The van der Waals surface area contributed by atoms with Crippen molar-refractivity contribution in [3.63, 3.8) is 0 Å². The molecule has 1 radical (unpaired) electrons. The smallest absolute Gasteiger partial charge is 0.0486 e. The fraction of sp³-hybridized carbons (Fsp3) is 0.125. The Labute approximate surface area is 101 Å². The summed E-state index contributed by atoms with van der Waals surface area (Å²) >= 11 is 0. The first-order valence-corrected chi connectivity index (χ1v) is 5.82.